The van der Waals surface area contributed by atoms with Crippen molar-refractivity contribution in [2.75, 3.05) is 18.4 Å². The van der Waals surface area contributed by atoms with Crippen LogP contribution in [-0.2, 0) is 6.42 Å². The number of hydrogen-bond donors (Lipinski definition) is 2. The second kappa shape index (κ2) is 7.43. The van der Waals surface area contributed by atoms with Crippen LogP contribution in [0.15, 0.2) is 30.3 Å². The Bertz CT molecular complexity index is 630. The zero-order valence-corrected chi connectivity index (χ0v) is 13.2. The minimum atomic E-state index is -0.422. The van der Waals surface area contributed by atoms with Crippen LogP contribution in [0.25, 0.3) is 0 Å². The summed E-state index contributed by atoms with van der Waals surface area (Å²) in [4.78, 5) is 13.3. The molecule has 1 heterocycles. The van der Waals surface area contributed by atoms with Gasteiger partial charge in [0.05, 0.1) is 15.6 Å². The van der Waals surface area contributed by atoms with Crippen molar-refractivity contribution in [3.05, 3.63) is 50.9 Å². The standard InChI is InChI=1S/C15H16ClFN2OS/c1-2-18-14-11(4-3-5-12(14)17)15(20)19-9-8-10-6-7-13(16)21-10/h3-7,18H,2,8-9H2,1H3,(H,19,20). The van der Waals surface area contributed by atoms with Gasteiger partial charge in [0.15, 0.2) is 0 Å². The van der Waals surface area contributed by atoms with Crippen LogP contribution < -0.4 is 10.6 Å². The summed E-state index contributed by atoms with van der Waals surface area (Å²) in [6, 6.07) is 8.25. The highest BCUT2D eigenvalue weighted by atomic mass is 35.5. The molecule has 0 spiro atoms. The van der Waals surface area contributed by atoms with Gasteiger partial charge in [0.2, 0.25) is 0 Å². The highest BCUT2D eigenvalue weighted by Gasteiger charge is 2.14. The first-order chi connectivity index (χ1) is 10.1. The van der Waals surface area contributed by atoms with Gasteiger partial charge in [-0.3, -0.25) is 4.79 Å². The van der Waals surface area contributed by atoms with E-state index in [1.807, 2.05) is 19.1 Å². The third kappa shape index (κ3) is 4.19. The fourth-order valence-electron chi connectivity index (χ4n) is 1.95. The van der Waals surface area contributed by atoms with Crippen LogP contribution in [0.1, 0.15) is 22.2 Å². The summed E-state index contributed by atoms with van der Waals surface area (Å²) in [6.45, 7) is 2.89. The van der Waals surface area contributed by atoms with Crippen LogP contribution in [0.4, 0.5) is 10.1 Å². The number of thiophene rings is 1. The van der Waals surface area contributed by atoms with Crippen molar-refractivity contribution in [3.63, 3.8) is 0 Å². The van der Waals surface area contributed by atoms with Crippen molar-refractivity contribution < 1.29 is 9.18 Å². The molecule has 1 aromatic heterocycles. The zero-order valence-electron chi connectivity index (χ0n) is 11.6. The third-order valence-electron chi connectivity index (χ3n) is 2.90. The average Bonchev–Trinajstić information content (AvgIpc) is 2.87. The molecule has 0 saturated heterocycles. The van der Waals surface area contributed by atoms with E-state index in [1.54, 1.807) is 6.07 Å². The molecule has 1 aromatic carbocycles. The largest absolute Gasteiger partial charge is 0.382 e. The van der Waals surface area contributed by atoms with Gasteiger partial charge in [0.1, 0.15) is 5.82 Å². The summed E-state index contributed by atoms with van der Waals surface area (Å²) >= 11 is 7.34. The molecule has 0 atom stereocenters. The minimum absolute atomic E-state index is 0.247. The Labute approximate surface area is 132 Å². The zero-order chi connectivity index (χ0) is 15.2. The van der Waals surface area contributed by atoms with Crippen LogP contribution in [0.3, 0.4) is 0 Å². The Kier molecular flexibility index (Phi) is 5.59. The molecule has 0 bridgehead atoms. The maximum absolute atomic E-state index is 13.7. The predicted octanol–water partition coefficient (Wildman–Crippen LogP) is 3.94. The molecule has 0 saturated carbocycles. The summed E-state index contributed by atoms with van der Waals surface area (Å²) in [5.41, 5.74) is 0.567. The lowest BCUT2D eigenvalue weighted by atomic mass is 10.1. The molecule has 2 aromatic rings. The molecule has 0 aliphatic carbocycles. The van der Waals surface area contributed by atoms with Crippen LogP contribution >= 0.6 is 22.9 Å². The number of para-hydroxylation sites is 1. The highest BCUT2D eigenvalue weighted by Crippen LogP contribution is 2.22. The van der Waals surface area contributed by atoms with Gasteiger partial charge in [-0.1, -0.05) is 17.7 Å². The van der Waals surface area contributed by atoms with Gasteiger partial charge < -0.3 is 10.6 Å². The first kappa shape index (κ1) is 15.8. The van der Waals surface area contributed by atoms with Crippen molar-refractivity contribution in [1.82, 2.24) is 5.32 Å². The van der Waals surface area contributed by atoms with Crippen LogP contribution in [0.5, 0.6) is 0 Å². The molecule has 112 valence electrons. The average molecular weight is 327 g/mol. The first-order valence-electron chi connectivity index (χ1n) is 6.66. The molecule has 2 N–H and O–H groups in total. The molecular weight excluding hydrogens is 311 g/mol. The van der Waals surface area contributed by atoms with Crippen molar-refractivity contribution in [2.45, 2.75) is 13.3 Å². The second-order valence-corrected chi connectivity index (χ2v) is 6.20. The Morgan fingerprint density at radius 1 is 1.33 bits per heavy atom. The lowest BCUT2D eigenvalue weighted by Gasteiger charge is -2.11. The van der Waals surface area contributed by atoms with E-state index in [9.17, 15) is 9.18 Å². The van der Waals surface area contributed by atoms with Crippen LogP contribution in [0, 0.1) is 5.82 Å². The van der Waals surface area contributed by atoms with Gasteiger partial charge in [-0.25, -0.2) is 4.39 Å². The Morgan fingerprint density at radius 2 is 2.14 bits per heavy atom. The van der Waals surface area contributed by atoms with Crippen molar-refractivity contribution in [2.24, 2.45) is 0 Å². The molecule has 0 aliphatic heterocycles. The van der Waals surface area contributed by atoms with Crippen LogP contribution in [0.2, 0.25) is 4.34 Å². The van der Waals surface area contributed by atoms with Gasteiger partial charge in [0, 0.05) is 18.0 Å². The van der Waals surface area contributed by atoms with E-state index in [0.717, 1.165) is 9.21 Å². The fraction of sp³-hybridized carbons (Fsp3) is 0.267. The van der Waals surface area contributed by atoms with Crippen molar-refractivity contribution in [3.8, 4) is 0 Å². The van der Waals surface area contributed by atoms with Gasteiger partial charge in [0.25, 0.3) is 5.91 Å². The first-order valence-corrected chi connectivity index (χ1v) is 7.86. The molecule has 0 radical (unpaired) electrons. The van der Waals surface area contributed by atoms with E-state index in [1.165, 1.54) is 23.5 Å². The molecule has 0 unspecified atom stereocenters. The maximum Gasteiger partial charge on any atom is 0.253 e. The molecule has 6 heteroatoms. The van der Waals surface area contributed by atoms with E-state index in [-0.39, 0.29) is 11.6 Å². The lowest BCUT2D eigenvalue weighted by Crippen LogP contribution is -2.26. The van der Waals surface area contributed by atoms with E-state index in [2.05, 4.69) is 10.6 Å². The monoisotopic (exact) mass is 326 g/mol. The Morgan fingerprint density at radius 3 is 2.81 bits per heavy atom. The van der Waals surface area contributed by atoms with Gasteiger partial charge in [-0.05, 0) is 37.6 Å². The summed E-state index contributed by atoms with van der Waals surface area (Å²) in [6.07, 6.45) is 0.703. The third-order valence-corrected chi connectivity index (χ3v) is 4.19. The number of hydrogen-bond acceptors (Lipinski definition) is 3. The topological polar surface area (TPSA) is 41.1 Å². The SMILES string of the molecule is CCNc1c(F)cccc1C(=O)NCCc1ccc(Cl)s1. The number of carbonyl (C=O) groups is 1. The molecule has 1 amide bonds. The summed E-state index contributed by atoms with van der Waals surface area (Å²) < 4.78 is 14.5. The summed E-state index contributed by atoms with van der Waals surface area (Å²) in [5.74, 6) is -0.706. The number of anilines is 1. The normalized spacial score (nSPS) is 10.4. The van der Waals surface area contributed by atoms with Crippen LogP contribution in [-0.4, -0.2) is 19.0 Å². The van der Waals surface area contributed by atoms with E-state index in [0.29, 0.717) is 25.1 Å². The number of amides is 1. The van der Waals surface area contributed by atoms with Crippen molar-refractivity contribution >= 4 is 34.5 Å². The predicted molar refractivity (Wildman–Crippen MR) is 85.9 cm³/mol. The quantitative estimate of drug-likeness (QED) is 0.844. The molecule has 0 aliphatic rings. The number of rotatable bonds is 6. The van der Waals surface area contributed by atoms with E-state index in [4.69, 9.17) is 11.6 Å². The second-order valence-electron chi connectivity index (χ2n) is 4.40. The maximum atomic E-state index is 13.7. The van der Waals surface area contributed by atoms with E-state index >= 15 is 0 Å². The summed E-state index contributed by atoms with van der Waals surface area (Å²) in [5, 5.41) is 5.69. The minimum Gasteiger partial charge on any atom is -0.382 e. The van der Waals surface area contributed by atoms with Gasteiger partial charge in [-0.15, -0.1) is 11.3 Å². The number of halogens is 2. The molecular formula is C15H16ClFN2OS. The lowest BCUT2D eigenvalue weighted by molar-refractivity contribution is 0.0954. The molecule has 21 heavy (non-hydrogen) atoms. The smallest absolute Gasteiger partial charge is 0.253 e. The van der Waals surface area contributed by atoms with Crippen molar-refractivity contribution in [1.29, 1.82) is 0 Å². The number of nitrogens with one attached hydrogen (secondary N) is 2. The van der Waals surface area contributed by atoms with E-state index < -0.39 is 5.82 Å². The van der Waals surface area contributed by atoms with Gasteiger partial charge in [-0.2, -0.15) is 0 Å². The number of carbonyl (C=O) groups excluding carboxylic acids is 1. The number of benzene rings is 1. The Hall–Kier alpha value is -1.59. The van der Waals surface area contributed by atoms with Gasteiger partial charge >= 0.3 is 0 Å². The Balaban J connectivity index is 1.98. The summed E-state index contributed by atoms with van der Waals surface area (Å²) in [7, 11) is 0. The fourth-order valence-corrected chi connectivity index (χ4v) is 3.04. The molecule has 0 fully saturated rings. The molecule has 2 rings (SSSR count). The molecule has 3 nitrogen and oxygen atoms in total. The highest BCUT2D eigenvalue weighted by molar-refractivity contribution is 7.16.